The van der Waals surface area contributed by atoms with Gasteiger partial charge in [-0.05, 0) is 66.2 Å². The molecule has 0 aliphatic rings. The zero-order chi connectivity index (χ0) is 38.9. The van der Waals surface area contributed by atoms with E-state index in [0.29, 0.717) is 39.2 Å². The fourth-order valence-corrected chi connectivity index (χ4v) is 9.09. The minimum atomic E-state index is -4.58. The molecule has 58 heavy (non-hydrogen) atoms. The number of fused-ring (bicyclic) bond motifs is 14. The topological polar surface area (TPSA) is 59.9 Å². The molecule has 0 aliphatic heterocycles. The highest BCUT2D eigenvalue weighted by atomic mass is 19.4. The molecule has 8 aromatic carbocycles. The van der Waals surface area contributed by atoms with Gasteiger partial charge >= 0.3 is 6.18 Å². The summed E-state index contributed by atoms with van der Waals surface area (Å²) >= 11 is 0. The van der Waals surface area contributed by atoms with Crippen molar-refractivity contribution in [3.8, 4) is 28.6 Å². The Morgan fingerprint density at radius 3 is 1.52 bits per heavy atom. The van der Waals surface area contributed by atoms with Crippen LogP contribution in [-0.2, 0) is 6.18 Å². The maximum absolute atomic E-state index is 14.5. The van der Waals surface area contributed by atoms with Gasteiger partial charge in [0.05, 0.1) is 44.6 Å². The number of rotatable bonds is 3. The molecule has 12 rings (SSSR count). The SMILES string of the molecule is N#Cc1cc(-n2c3ccccc3c3ccc4c5ccccc5oc4c32)c(-c2cccc(C(F)(F)F)c2)cc1-n1c2ccccc2c2ccc3c4ccccc4oc3c21. The van der Waals surface area contributed by atoms with Crippen molar-refractivity contribution < 1.29 is 22.0 Å². The smallest absolute Gasteiger partial charge is 0.416 e. The van der Waals surface area contributed by atoms with Gasteiger partial charge in [0.2, 0.25) is 0 Å². The van der Waals surface area contributed by atoms with Crippen LogP contribution < -0.4 is 0 Å². The fourth-order valence-electron chi connectivity index (χ4n) is 9.09. The van der Waals surface area contributed by atoms with E-state index in [2.05, 4.69) is 30.3 Å². The molecular formula is C50H26F3N3O2. The molecule has 0 aliphatic carbocycles. The van der Waals surface area contributed by atoms with Gasteiger partial charge in [0.15, 0.2) is 11.2 Å². The predicted molar refractivity (Wildman–Crippen MR) is 225 cm³/mol. The summed E-state index contributed by atoms with van der Waals surface area (Å²) in [5, 5.41) is 18.6. The maximum atomic E-state index is 14.5. The summed E-state index contributed by atoms with van der Waals surface area (Å²) in [6.07, 6.45) is -4.58. The third-order valence-electron chi connectivity index (χ3n) is 11.6. The van der Waals surface area contributed by atoms with Crippen molar-refractivity contribution >= 4 is 87.5 Å². The molecule has 4 aromatic heterocycles. The molecule has 5 nitrogen and oxygen atoms in total. The molecular weight excluding hydrogens is 732 g/mol. The van der Waals surface area contributed by atoms with Gasteiger partial charge in [0.1, 0.15) is 17.2 Å². The first-order valence-electron chi connectivity index (χ1n) is 18.8. The number of para-hydroxylation sites is 4. The van der Waals surface area contributed by atoms with Crippen LogP contribution in [0.15, 0.2) is 167 Å². The minimum Gasteiger partial charge on any atom is -0.454 e. The number of nitriles is 1. The molecule has 0 atom stereocenters. The normalized spacial score (nSPS) is 12.4. The molecule has 0 saturated carbocycles. The van der Waals surface area contributed by atoms with Crippen LogP contribution in [0, 0.1) is 11.3 Å². The van der Waals surface area contributed by atoms with Crippen molar-refractivity contribution in [2.45, 2.75) is 6.18 Å². The maximum Gasteiger partial charge on any atom is 0.416 e. The van der Waals surface area contributed by atoms with Crippen LogP contribution in [0.1, 0.15) is 11.1 Å². The number of nitrogens with zero attached hydrogens (tertiary/aromatic N) is 3. The summed E-state index contributed by atoms with van der Waals surface area (Å²) in [5.74, 6) is 0. The second kappa shape index (κ2) is 11.6. The van der Waals surface area contributed by atoms with Crippen molar-refractivity contribution in [2.75, 3.05) is 0 Å². The largest absolute Gasteiger partial charge is 0.454 e. The zero-order valence-corrected chi connectivity index (χ0v) is 30.3. The Bertz CT molecular complexity index is 3760. The van der Waals surface area contributed by atoms with Crippen molar-refractivity contribution in [2.24, 2.45) is 0 Å². The zero-order valence-electron chi connectivity index (χ0n) is 30.3. The van der Waals surface area contributed by atoms with Crippen molar-refractivity contribution in [1.29, 1.82) is 5.26 Å². The molecule has 4 heterocycles. The highest BCUT2D eigenvalue weighted by Gasteiger charge is 2.31. The summed E-state index contributed by atoms with van der Waals surface area (Å²) in [7, 11) is 0. The summed E-state index contributed by atoms with van der Waals surface area (Å²) < 4.78 is 60.7. The molecule has 12 aromatic rings. The first kappa shape index (κ1) is 32.5. The fraction of sp³-hybridized carbons (Fsp3) is 0.0200. The van der Waals surface area contributed by atoms with E-state index in [9.17, 15) is 18.4 Å². The lowest BCUT2D eigenvalue weighted by molar-refractivity contribution is -0.137. The summed E-state index contributed by atoms with van der Waals surface area (Å²) in [5.41, 5.74) is 7.32. The Kier molecular flexibility index (Phi) is 6.52. The number of hydrogen-bond acceptors (Lipinski definition) is 3. The highest BCUT2D eigenvalue weighted by Crippen LogP contribution is 2.46. The van der Waals surface area contributed by atoms with E-state index in [1.54, 1.807) is 12.1 Å². The molecule has 0 saturated heterocycles. The third-order valence-corrected chi connectivity index (χ3v) is 11.6. The number of halogens is 3. The molecule has 0 N–H and O–H groups in total. The Morgan fingerprint density at radius 2 is 0.966 bits per heavy atom. The monoisotopic (exact) mass is 757 g/mol. The lowest BCUT2D eigenvalue weighted by atomic mass is 9.97. The molecule has 0 spiro atoms. The van der Waals surface area contributed by atoms with Crippen molar-refractivity contribution in [1.82, 2.24) is 9.13 Å². The van der Waals surface area contributed by atoms with Crippen LogP contribution in [0.3, 0.4) is 0 Å². The standard InChI is InChI=1S/C50H26F3N3O2/c51-50(52,53)30-11-9-10-28(24-30)39-26-42(55-40-16-5-1-12-31(40)35-20-22-37-33-14-3-7-18-44(33)57-48(37)46(35)55)29(27-54)25-43(39)56-41-17-6-2-13-32(41)36-21-23-38-34-15-4-8-19-45(34)58-49(38)47(36)56/h1-26H. The van der Waals surface area contributed by atoms with E-state index in [-0.39, 0.29) is 0 Å². The van der Waals surface area contributed by atoms with E-state index >= 15 is 0 Å². The minimum absolute atomic E-state index is 0.323. The van der Waals surface area contributed by atoms with Crippen LogP contribution >= 0.6 is 0 Å². The van der Waals surface area contributed by atoms with Gasteiger partial charge in [-0.2, -0.15) is 18.4 Å². The molecule has 0 amide bonds. The number of benzene rings is 8. The van der Waals surface area contributed by atoms with Gasteiger partial charge in [-0.1, -0.05) is 97.1 Å². The van der Waals surface area contributed by atoms with E-state index in [1.807, 2.05) is 112 Å². The average molecular weight is 758 g/mol. The quantitative estimate of drug-likeness (QED) is 0.180. The summed E-state index contributed by atoms with van der Waals surface area (Å²) in [4.78, 5) is 0. The highest BCUT2D eigenvalue weighted by molar-refractivity contribution is 6.23. The van der Waals surface area contributed by atoms with E-state index in [1.165, 1.54) is 12.1 Å². The first-order valence-corrected chi connectivity index (χ1v) is 18.8. The lowest BCUT2D eigenvalue weighted by Crippen LogP contribution is -2.06. The Hall–Kier alpha value is -7.76. The van der Waals surface area contributed by atoms with Crippen molar-refractivity contribution in [3.05, 3.63) is 169 Å². The van der Waals surface area contributed by atoms with Gasteiger partial charge in [0, 0.05) is 48.7 Å². The van der Waals surface area contributed by atoms with Crippen LogP contribution in [0.2, 0.25) is 0 Å². The summed E-state index contributed by atoms with van der Waals surface area (Å²) in [6, 6.07) is 51.3. The van der Waals surface area contributed by atoms with Crippen molar-refractivity contribution in [3.63, 3.8) is 0 Å². The van der Waals surface area contributed by atoms with Gasteiger partial charge in [0.25, 0.3) is 0 Å². The van der Waals surface area contributed by atoms with Gasteiger partial charge in [-0.15, -0.1) is 0 Å². The van der Waals surface area contributed by atoms with E-state index < -0.39 is 11.7 Å². The molecule has 8 heteroatoms. The molecule has 0 bridgehead atoms. The molecule has 0 unspecified atom stereocenters. The van der Waals surface area contributed by atoms with E-state index in [0.717, 1.165) is 82.4 Å². The number of aromatic nitrogens is 2. The first-order chi connectivity index (χ1) is 28.4. The third kappa shape index (κ3) is 4.41. The van der Waals surface area contributed by atoms with Crippen LogP contribution in [-0.4, -0.2) is 9.13 Å². The Morgan fingerprint density at radius 1 is 0.466 bits per heavy atom. The Labute approximate surface area is 326 Å². The number of furan rings is 2. The lowest BCUT2D eigenvalue weighted by Gasteiger charge is -2.19. The summed E-state index contributed by atoms with van der Waals surface area (Å²) in [6.45, 7) is 0. The second-order valence-electron chi connectivity index (χ2n) is 14.7. The van der Waals surface area contributed by atoms with Gasteiger partial charge in [-0.25, -0.2) is 0 Å². The number of hydrogen-bond donors (Lipinski definition) is 0. The predicted octanol–water partition coefficient (Wildman–Crippen LogP) is 14.2. The molecule has 0 fully saturated rings. The average Bonchev–Trinajstić information content (AvgIpc) is 4.01. The Balaban J connectivity index is 1.26. The second-order valence-corrected chi connectivity index (χ2v) is 14.7. The number of alkyl halides is 3. The van der Waals surface area contributed by atoms with Gasteiger partial charge < -0.3 is 18.0 Å². The molecule has 274 valence electrons. The van der Waals surface area contributed by atoms with E-state index in [4.69, 9.17) is 8.83 Å². The van der Waals surface area contributed by atoms with Gasteiger partial charge in [-0.3, -0.25) is 0 Å². The van der Waals surface area contributed by atoms with Crippen LogP contribution in [0.5, 0.6) is 0 Å². The van der Waals surface area contributed by atoms with Crippen LogP contribution in [0.25, 0.3) is 110 Å². The molecule has 0 radical (unpaired) electrons. The van der Waals surface area contributed by atoms with Crippen LogP contribution in [0.4, 0.5) is 13.2 Å².